The van der Waals surface area contributed by atoms with Gasteiger partial charge in [0.15, 0.2) is 0 Å². The van der Waals surface area contributed by atoms with Crippen LogP contribution in [0.1, 0.15) is 51.9 Å². The molecule has 0 saturated carbocycles. The van der Waals surface area contributed by atoms with Crippen molar-refractivity contribution in [1.82, 2.24) is 4.31 Å². The predicted molar refractivity (Wildman–Crippen MR) is 62.2 cm³/mol. The van der Waals surface area contributed by atoms with Gasteiger partial charge in [0.05, 0.1) is 0 Å². The largest absolute Gasteiger partial charge is 0.286 e. The van der Waals surface area contributed by atoms with E-state index < -0.39 is 0 Å². The molecule has 1 amide bonds. The molecule has 0 bridgehead atoms. The summed E-state index contributed by atoms with van der Waals surface area (Å²) >= 11 is 1.70. The van der Waals surface area contributed by atoms with Crippen molar-refractivity contribution in [2.45, 2.75) is 51.9 Å². The fourth-order valence-electron chi connectivity index (χ4n) is 1.66. The molecule has 0 aliphatic carbocycles. The van der Waals surface area contributed by atoms with E-state index in [1.54, 1.807) is 11.9 Å². The van der Waals surface area contributed by atoms with Gasteiger partial charge in [0, 0.05) is 18.7 Å². The second kappa shape index (κ2) is 7.16. The Morgan fingerprint density at radius 3 is 2.57 bits per heavy atom. The third-order valence-corrected chi connectivity index (χ3v) is 3.64. The summed E-state index contributed by atoms with van der Waals surface area (Å²) in [7, 11) is 0. The van der Waals surface area contributed by atoms with Gasteiger partial charge in [-0.15, -0.1) is 0 Å². The lowest BCUT2D eigenvalue weighted by molar-refractivity contribution is -0.124. The van der Waals surface area contributed by atoms with Gasteiger partial charge in [-0.1, -0.05) is 39.0 Å². The summed E-state index contributed by atoms with van der Waals surface area (Å²) in [5.74, 6) is 1.33. The lowest BCUT2D eigenvalue weighted by Gasteiger charge is -2.12. The SMILES string of the molecule is CCCCCCCCN1SCCC1=O. The summed E-state index contributed by atoms with van der Waals surface area (Å²) in [6.45, 7) is 3.20. The van der Waals surface area contributed by atoms with E-state index in [1.165, 1.54) is 38.5 Å². The maximum absolute atomic E-state index is 11.2. The van der Waals surface area contributed by atoms with Gasteiger partial charge in [-0.05, 0) is 18.4 Å². The second-order valence-electron chi connectivity index (χ2n) is 3.85. The lowest BCUT2D eigenvalue weighted by atomic mass is 10.1. The van der Waals surface area contributed by atoms with Crippen LogP contribution in [-0.4, -0.2) is 22.5 Å². The third-order valence-electron chi connectivity index (χ3n) is 2.56. The van der Waals surface area contributed by atoms with Crippen molar-refractivity contribution in [3.05, 3.63) is 0 Å². The van der Waals surface area contributed by atoms with E-state index >= 15 is 0 Å². The molecule has 14 heavy (non-hydrogen) atoms. The molecule has 3 heteroatoms. The van der Waals surface area contributed by atoms with Crippen molar-refractivity contribution in [2.24, 2.45) is 0 Å². The van der Waals surface area contributed by atoms with Crippen LogP contribution in [-0.2, 0) is 4.79 Å². The highest BCUT2D eigenvalue weighted by Gasteiger charge is 2.19. The van der Waals surface area contributed by atoms with Gasteiger partial charge in [0.1, 0.15) is 0 Å². The summed E-state index contributed by atoms with van der Waals surface area (Å²) < 4.78 is 1.94. The first-order valence-corrected chi connectivity index (χ1v) is 6.72. The second-order valence-corrected chi connectivity index (χ2v) is 4.95. The van der Waals surface area contributed by atoms with Crippen molar-refractivity contribution >= 4 is 17.9 Å². The summed E-state index contributed by atoms with van der Waals surface area (Å²) in [5, 5.41) is 0. The molecule has 1 heterocycles. The number of amides is 1. The number of carbonyl (C=O) groups excluding carboxylic acids is 1. The lowest BCUT2D eigenvalue weighted by Crippen LogP contribution is -2.19. The maximum atomic E-state index is 11.2. The van der Waals surface area contributed by atoms with Crippen LogP contribution in [0.2, 0.25) is 0 Å². The van der Waals surface area contributed by atoms with E-state index in [1.807, 2.05) is 4.31 Å². The molecule has 0 N–H and O–H groups in total. The highest BCUT2D eigenvalue weighted by Crippen LogP contribution is 2.21. The summed E-state index contributed by atoms with van der Waals surface area (Å²) in [5.41, 5.74) is 0. The zero-order valence-electron chi connectivity index (χ0n) is 9.13. The molecule has 1 aliphatic heterocycles. The molecule has 1 rings (SSSR count). The molecule has 0 aromatic heterocycles. The molecular formula is C11H21NOS. The van der Waals surface area contributed by atoms with Gasteiger partial charge in [-0.2, -0.15) is 0 Å². The van der Waals surface area contributed by atoms with E-state index in [4.69, 9.17) is 0 Å². The third kappa shape index (κ3) is 4.36. The van der Waals surface area contributed by atoms with E-state index in [9.17, 15) is 4.79 Å². The van der Waals surface area contributed by atoms with Gasteiger partial charge in [0.2, 0.25) is 5.91 Å². The van der Waals surface area contributed by atoms with Gasteiger partial charge in [-0.25, -0.2) is 0 Å². The Hall–Kier alpha value is -0.180. The van der Waals surface area contributed by atoms with Crippen molar-refractivity contribution in [1.29, 1.82) is 0 Å². The molecule has 0 aromatic rings. The van der Waals surface area contributed by atoms with Gasteiger partial charge in [-0.3, -0.25) is 9.10 Å². The Kier molecular flexibility index (Phi) is 6.08. The predicted octanol–water partition coefficient (Wildman–Crippen LogP) is 3.23. The molecule has 1 fully saturated rings. The Labute approximate surface area is 91.6 Å². The van der Waals surface area contributed by atoms with E-state index in [0.717, 1.165) is 18.7 Å². The van der Waals surface area contributed by atoms with Crippen LogP contribution in [0.15, 0.2) is 0 Å². The summed E-state index contributed by atoms with van der Waals surface area (Å²) in [6, 6.07) is 0. The standard InChI is InChI=1S/C11H21NOS/c1-2-3-4-5-6-7-9-12-11(13)8-10-14-12/h2-10H2,1H3. The number of carbonyl (C=O) groups is 1. The number of hydrogen-bond acceptors (Lipinski definition) is 2. The van der Waals surface area contributed by atoms with Crippen molar-refractivity contribution < 1.29 is 4.79 Å². The van der Waals surface area contributed by atoms with Gasteiger partial charge in [0.25, 0.3) is 0 Å². The van der Waals surface area contributed by atoms with E-state index in [0.29, 0.717) is 5.91 Å². The zero-order valence-corrected chi connectivity index (χ0v) is 9.94. The van der Waals surface area contributed by atoms with Crippen molar-refractivity contribution in [3.63, 3.8) is 0 Å². The molecule has 1 aliphatic rings. The Morgan fingerprint density at radius 1 is 1.21 bits per heavy atom. The molecule has 0 radical (unpaired) electrons. The average molecular weight is 215 g/mol. The minimum absolute atomic E-state index is 0.337. The Morgan fingerprint density at radius 2 is 1.93 bits per heavy atom. The highest BCUT2D eigenvalue weighted by molar-refractivity contribution is 7.97. The maximum Gasteiger partial charge on any atom is 0.233 e. The molecule has 0 unspecified atom stereocenters. The number of hydrogen-bond donors (Lipinski definition) is 0. The molecular weight excluding hydrogens is 194 g/mol. The Bertz CT molecular complexity index is 173. The minimum atomic E-state index is 0.337. The van der Waals surface area contributed by atoms with Crippen LogP contribution < -0.4 is 0 Å². The molecule has 0 atom stereocenters. The number of nitrogens with zero attached hydrogens (tertiary/aromatic N) is 1. The fraction of sp³-hybridized carbons (Fsp3) is 0.909. The van der Waals surface area contributed by atoms with Crippen LogP contribution in [0.25, 0.3) is 0 Å². The molecule has 0 spiro atoms. The molecule has 82 valence electrons. The van der Waals surface area contributed by atoms with Crippen LogP contribution in [0, 0.1) is 0 Å². The summed E-state index contributed by atoms with van der Waals surface area (Å²) in [6.07, 6.45) is 8.57. The topological polar surface area (TPSA) is 20.3 Å². The van der Waals surface area contributed by atoms with Gasteiger partial charge >= 0.3 is 0 Å². The first-order valence-electron chi connectivity index (χ1n) is 5.78. The van der Waals surface area contributed by atoms with E-state index in [-0.39, 0.29) is 0 Å². The first kappa shape index (κ1) is 11.9. The summed E-state index contributed by atoms with van der Waals surface area (Å²) in [4.78, 5) is 11.2. The molecule has 1 saturated heterocycles. The normalized spacial score (nSPS) is 16.6. The smallest absolute Gasteiger partial charge is 0.233 e. The average Bonchev–Trinajstić information content (AvgIpc) is 2.58. The minimum Gasteiger partial charge on any atom is -0.286 e. The number of rotatable bonds is 7. The van der Waals surface area contributed by atoms with Crippen molar-refractivity contribution in [2.75, 3.05) is 12.3 Å². The fourth-order valence-corrected chi connectivity index (χ4v) is 2.64. The zero-order chi connectivity index (χ0) is 10.2. The molecule has 2 nitrogen and oxygen atoms in total. The quantitative estimate of drug-likeness (QED) is 0.480. The van der Waals surface area contributed by atoms with Crippen LogP contribution in [0.3, 0.4) is 0 Å². The van der Waals surface area contributed by atoms with Gasteiger partial charge < -0.3 is 0 Å². The van der Waals surface area contributed by atoms with Crippen LogP contribution in [0.4, 0.5) is 0 Å². The molecule has 0 aromatic carbocycles. The van der Waals surface area contributed by atoms with E-state index in [2.05, 4.69) is 6.92 Å². The van der Waals surface area contributed by atoms with Crippen LogP contribution >= 0.6 is 11.9 Å². The Balaban J connectivity index is 1.90. The van der Waals surface area contributed by atoms with Crippen LogP contribution in [0.5, 0.6) is 0 Å². The highest BCUT2D eigenvalue weighted by atomic mass is 32.2. The monoisotopic (exact) mass is 215 g/mol. The van der Waals surface area contributed by atoms with Crippen molar-refractivity contribution in [3.8, 4) is 0 Å². The first-order chi connectivity index (χ1) is 6.84. The number of unbranched alkanes of at least 4 members (excludes halogenated alkanes) is 5.